The molecule has 25 heavy (non-hydrogen) atoms. The Morgan fingerprint density at radius 1 is 1.16 bits per heavy atom. The van der Waals surface area contributed by atoms with Crippen LogP contribution in [0, 0.1) is 6.92 Å². The van der Waals surface area contributed by atoms with Crippen molar-refractivity contribution in [1.29, 1.82) is 0 Å². The zero-order chi connectivity index (χ0) is 18.0. The van der Waals surface area contributed by atoms with Gasteiger partial charge in [0.05, 0.1) is 10.5 Å². The first-order valence-corrected chi connectivity index (χ1v) is 9.53. The van der Waals surface area contributed by atoms with Crippen molar-refractivity contribution in [2.75, 3.05) is 5.32 Å². The molecule has 0 atom stereocenters. The summed E-state index contributed by atoms with van der Waals surface area (Å²) in [6, 6.07) is 11.8. The van der Waals surface area contributed by atoms with Crippen molar-refractivity contribution < 1.29 is 18.3 Å². The van der Waals surface area contributed by atoms with Crippen molar-refractivity contribution in [1.82, 2.24) is 4.72 Å². The Balaban J connectivity index is 1.74. The molecule has 0 saturated heterocycles. The number of carbonyl (C=O) groups is 1. The van der Waals surface area contributed by atoms with Gasteiger partial charge in [-0.1, -0.05) is 18.2 Å². The second-order valence-corrected chi connectivity index (χ2v) is 7.86. The van der Waals surface area contributed by atoms with Gasteiger partial charge in [-0.25, -0.2) is 17.9 Å². The van der Waals surface area contributed by atoms with Crippen LogP contribution in [0.15, 0.2) is 47.4 Å². The maximum atomic E-state index is 12.4. The summed E-state index contributed by atoms with van der Waals surface area (Å²) in [4.78, 5) is 11.2. The molecule has 0 amide bonds. The summed E-state index contributed by atoms with van der Waals surface area (Å²) in [5.74, 6) is -0.962. The van der Waals surface area contributed by atoms with Gasteiger partial charge in [-0.2, -0.15) is 0 Å². The van der Waals surface area contributed by atoms with Gasteiger partial charge in [0.25, 0.3) is 0 Å². The van der Waals surface area contributed by atoms with E-state index in [4.69, 9.17) is 5.11 Å². The van der Waals surface area contributed by atoms with Gasteiger partial charge in [-0.15, -0.1) is 0 Å². The Kier molecular flexibility index (Phi) is 4.78. The third-order valence-electron chi connectivity index (χ3n) is 4.16. The predicted molar refractivity (Wildman–Crippen MR) is 95.3 cm³/mol. The fraction of sp³-hybridized carbons (Fsp3) is 0.278. The molecule has 1 saturated carbocycles. The molecule has 6 nitrogen and oxygen atoms in total. The van der Waals surface area contributed by atoms with Gasteiger partial charge in [0.15, 0.2) is 0 Å². The van der Waals surface area contributed by atoms with E-state index >= 15 is 0 Å². The number of carboxylic acid groups (broad SMARTS) is 1. The van der Waals surface area contributed by atoms with Crippen LogP contribution in [-0.4, -0.2) is 25.5 Å². The van der Waals surface area contributed by atoms with E-state index in [0.29, 0.717) is 12.1 Å². The SMILES string of the molecule is Cc1c(NCc2ccc(C(=O)O)cc2)cccc1S(=O)(=O)NC1CC1. The van der Waals surface area contributed by atoms with Gasteiger partial charge in [-0.05, 0) is 55.2 Å². The largest absolute Gasteiger partial charge is 0.478 e. The highest BCUT2D eigenvalue weighted by atomic mass is 32.2. The quantitative estimate of drug-likeness (QED) is 0.706. The molecule has 2 aromatic carbocycles. The lowest BCUT2D eigenvalue weighted by atomic mass is 10.1. The van der Waals surface area contributed by atoms with Crippen molar-refractivity contribution in [3.05, 3.63) is 59.2 Å². The maximum absolute atomic E-state index is 12.4. The number of rotatable bonds is 7. The molecule has 3 N–H and O–H groups in total. The summed E-state index contributed by atoms with van der Waals surface area (Å²) in [6.07, 6.45) is 1.78. The van der Waals surface area contributed by atoms with Crippen LogP contribution >= 0.6 is 0 Å². The molecule has 1 aliphatic carbocycles. The molecule has 0 unspecified atom stereocenters. The second kappa shape index (κ2) is 6.85. The van der Waals surface area contributed by atoms with Crippen LogP contribution in [0.1, 0.15) is 34.3 Å². The van der Waals surface area contributed by atoms with E-state index in [1.807, 2.05) is 6.07 Å². The number of benzene rings is 2. The molecule has 0 bridgehead atoms. The van der Waals surface area contributed by atoms with Crippen molar-refractivity contribution in [3.63, 3.8) is 0 Å². The molecule has 0 spiro atoms. The smallest absolute Gasteiger partial charge is 0.335 e. The van der Waals surface area contributed by atoms with Crippen LogP contribution in [0.4, 0.5) is 5.69 Å². The van der Waals surface area contributed by atoms with E-state index in [1.54, 1.807) is 43.3 Å². The fourth-order valence-corrected chi connectivity index (χ4v) is 4.12. The minimum absolute atomic E-state index is 0.0637. The lowest BCUT2D eigenvalue weighted by Crippen LogP contribution is -2.26. The van der Waals surface area contributed by atoms with Gasteiger partial charge >= 0.3 is 5.97 Å². The molecule has 132 valence electrons. The minimum Gasteiger partial charge on any atom is -0.478 e. The zero-order valence-corrected chi connectivity index (χ0v) is 14.6. The first-order valence-electron chi connectivity index (χ1n) is 8.05. The van der Waals surface area contributed by atoms with Crippen molar-refractivity contribution in [2.24, 2.45) is 0 Å². The summed E-state index contributed by atoms with van der Waals surface area (Å²) < 4.78 is 27.6. The molecule has 0 heterocycles. The van der Waals surface area contributed by atoms with Gasteiger partial charge in [0.1, 0.15) is 0 Å². The molecule has 3 rings (SSSR count). The van der Waals surface area contributed by atoms with E-state index in [-0.39, 0.29) is 16.5 Å². The third-order valence-corrected chi connectivity index (χ3v) is 5.82. The van der Waals surface area contributed by atoms with Gasteiger partial charge in [0.2, 0.25) is 10.0 Å². The van der Waals surface area contributed by atoms with Crippen LogP contribution < -0.4 is 10.0 Å². The van der Waals surface area contributed by atoms with Crippen LogP contribution in [0.3, 0.4) is 0 Å². The molecule has 1 fully saturated rings. The van der Waals surface area contributed by atoms with Crippen LogP contribution in [0.2, 0.25) is 0 Å². The number of nitrogens with one attached hydrogen (secondary N) is 2. The van der Waals surface area contributed by atoms with E-state index in [1.165, 1.54) is 0 Å². The van der Waals surface area contributed by atoms with E-state index in [0.717, 1.165) is 24.1 Å². The number of anilines is 1. The highest BCUT2D eigenvalue weighted by molar-refractivity contribution is 7.89. The standard InChI is InChI=1S/C18H20N2O4S/c1-12-16(19-11-13-5-7-14(8-6-13)18(21)22)3-2-4-17(12)25(23,24)20-15-9-10-15/h2-8,15,19-20H,9-11H2,1H3,(H,21,22). The number of aromatic carboxylic acids is 1. The topological polar surface area (TPSA) is 95.5 Å². The zero-order valence-electron chi connectivity index (χ0n) is 13.8. The molecule has 2 aromatic rings. The average molecular weight is 360 g/mol. The minimum atomic E-state index is -3.50. The van der Waals surface area contributed by atoms with E-state index in [2.05, 4.69) is 10.0 Å². The Bertz CT molecular complexity index is 888. The van der Waals surface area contributed by atoms with Crippen LogP contribution in [-0.2, 0) is 16.6 Å². The Labute approximate surface area is 146 Å². The Morgan fingerprint density at radius 3 is 2.44 bits per heavy atom. The third kappa shape index (κ3) is 4.18. The maximum Gasteiger partial charge on any atom is 0.335 e. The van der Waals surface area contributed by atoms with Crippen LogP contribution in [0.25, 0.3) is 0 Å². The second-order valence-electron chi connectivity index (χ2n) is 6.18. The average Bonchev–Trinajstić information content (AvgIpc) is 3.37. The summed E-state index contributed by atoms with van der Waals surface area (Å²) >= 11 is 0. The molecular formula is C18H20N2O4S. The predicted octanol–water partition coefficient (Wildman–Crippen LogP) is 2.75. The van der Waals surface area contributed by atoms with Crippen molar-refractivity contribution >= 4 is 21.7 Å². The highest BCUT2D eigenvalue weighted by Crippen LogP contribution is 2.27. The van der Waals surface area contributed by atoms with Gasteiger partial charge in [-0.3, -0.25) is 0 Å². The molecule has 1 aliphatic rings. The molecular weight excluding hydrogens is 340 g/mol. The normalized spacial score (nSPS) is 14.3. The molecule has 0 aliphatic heterocycles. The van der Waals surface area contributed by atoms with Crippen molar-refractivity contribution in [2.45, 2.75) is 37.2 Å². The van der Waals surface area contributed by atoms with Gasteiger partial charge < -0.3 is 10.4 Å². The lowest BCUT2D eigenvalue weighted by Gasteiger charge is -2.14. The lowest BCUT2D eigenvalue weighted by molar-refractivity contribution is 0.0697. The fourth-order valence-electron chi connectivity index (χ4n) is 2.54. The highest BCUT2D eigenvalue weighted by Gasteiger charge is 2.29. The number of hydrogen-bond donors (Lipinski definition) is 3. The Hall–Kier alpha value is -2.38. The summed E-state index contributed by atoms with van der Waals surface area (Å²) in [7, 11) is -3.50. The number of carboxylic acids is 1. The van der Waals surface area contributed by atoms with E-state index < -0.39 is 16.0 Å². The van der Waals surface area contributed by atoms with Gasteiger partial charge in [0, 0.05) is 18.3 Å². The first kappa shape index (κ1) is 17.4. The number of sulfonamides is 1. The van der Waals surface area contributed by atoms with E-state index in [9.17, 15) is 13.2 Å². The summed E-state index contributed by atoms with van der Waals surface area (Å²) in [5.41, 5.74) is 2.55. The molecule has 7 heteroatoms. The summed E-state index contributed by atoms with van der Waals surface area (Å²) in [6.45, 7) is 2.25. The van der Waals surface area contributed by atoms with Crippen molar-refractivity contribution in [3.8, 4) is 0 Å². The Morgan fingerprint density at radius 2 is 1.84 bits per heavy atom. The number of hydrogen-bond acceptors (Lipinski definition) is 4. The monoisotopic (exact) mass is 360 g/mol. The first-order chi connectivity index (χ1) is 11.9. The molecule has 0 aromatic heterocycles. The van der Waals surface area contributed by atoms with Crippen LogP contribution in [0.5, 0.6) is 0 Å². The summed E-state index contributed by atoms with van der Waals surface area (Å²) in [5, 5.41) is 12.1. The molecule has 0 radical (unpaired) electrons.